The average molecular weight is 384 g/mol. The van der Waals surface area contributed by atoms with Crippen LogP contribution in [0.15, 0.2) is 42.5 Å². The molecular formula is C24H33NO3. The molecular weight excluding hydrogens is 350 g/mol. The quantitative estimate of drug-likeness (QED) is 0.365. The van der Waals surface area contributed by atoms with E-state index in [2.05, 4.69) is 53.7 Å². The molecule has 0 heterocycles. The number of ether oxygens (including phenoxy) is 2. The molecule has 28 heavy (non-hydrogen) atoms. The van der Waals surface area contributed by atoms with Gasteiger partial charge in [-0.15, -0.1) is 0 Å². The van der Waals surface area contributed by atoms with E-state index in [0.29, 0.717) is 17.2 Å². The Bertz CT molecular complexity index is 807. The number of carbonyl (C=O) groups excluding carboxylic acids is 1. The minimum absolute atomic E-state index is 0.0688. The van der Waals surface area contributed by atoms with Gasteiger partial charge in [0.2, 0.25) is 0 Å². The molecule has 0 aliphatic heterocycles. The maximum atomic E-state index is 12.4. The smallest absolute Gasteiger partial charge is 0.349 e. The molecule has 0 spiro atoms. The Balaban J connectivity index is 2.21. The van der Waals surface area contributed by atoms with Crippen molar-refractivity contribution in [2.45, 2.75) is 65.2 Å². The van der Waals surface area contributed by atoms with Crippen molar-refractivity contribution in [3.63, 3.8) is 0 Å². The van der Waals surface area contributed by atoms with Gasteiger partial charge in [0.25, 0.3) is 0 Å². The number of hydrogen-bond acceptors (Lipinski definition) is 4. The fourth-order valence-electron chi connectivity index (χ4n) is 2.82. The second-order valence-corrected chi connectivity index (χ2v) is 8.52. The van der Waals surface area contributed by atoms with E-state index in [9.17, 15) is 4.79 Å². The highest BCUT2D eigenvalue weighted by atomic mass is 16.6. The fraction of sp³-hybridized carbons (Fsp3) is 0.458. The van der Waals surface area contributed by atoms with E-state index in [0.717, 1.165) is 18.4 Å². The van der Waals surface area contributed by atoms with Gasteiger partial charge in [-0.25, -0.2) is 4.79 Å². The first-order chi connectivity index (χ1) is 13.1. The van der Waals surface area contributed by atoms with Crippen LogP contribution in [0.25, 0.3) is 0 Å². The van der Waals surface area contributed by atoms with Gasteiger partial charge in [-0.1, -0.05) is 53.7 Å². The topological polar surface area (TPSA) is 61.5 Å². The molecule has 2 rings (SSSR count). The van der Waals surface area contributed by atoms with Crippen LogP contribution in [0.2, 0.25) is 0 Å². The Morgan fingerprint density at radius 1 is 0.929 bits per heavy atom. The molecule has 2 N–H and O–H groups in total. The number of anilines is 1. The third-order valence-corrected chi connectivity index (χ3v) is 5.72. The van der Waals surface area contributed by atoms with Gasteiger partial charge in [0.1, 0.15) is 11.5 Å². The molecule has 0 bridgehead atoms. The summed E-state index contributed by atoms with van der Waals surface area (Å²) in [7, 11) is 0. The number of rotatable bonds is 8. The van der Waals surface area contributed by atoms with Crippen molar-refractivity contribution in [3.05, 3.63) is 53.6 Å². The van der Waals surface area contributed by atoms with E-state index in [1.807, 2.05) is 6.07 Å². The normalized spacial score (nSPS) is 11.9. The van der Waals surface area contributed by atoms with Gasteiger partial charge in [-0.2, -0.15) is 0 Å². The summed E-state index contributed by atoms with van der Waals surface area (Å²) in [5, 5.41) is 0. The largest absolute Gasteiger partial charge is 0.482 e. The maximum absolute atomic E-state index is 12.4. The van der Waals surface area contributed by atoms with E-state index in [1.165, 1.54) is 5.56 Å². The predicted molar refractivity (Wildman–Crippen MR) is 115 cm³/mol. The number of benzene rings is 2. The van der Waals surface area contributed by atoms with Crippen LogP contribution in [-0.2, 0) is 15.6 Å². The first-order valence-electron chi connectivity index (χ1n) is 9.93. The van der Waals surface area contributed by atoms with Crippen molar-refractivity contribution < 1.29 is 14.3 Å². The van der Waals surface area contributed by atoms with Crippen LogP contribution < -0.4 is 15.2 Å². The molecule has 4 nitrogen and oxygen atoms in total. The second kappa shape index (κ2) is 8.68. The average Bonchev–Trinajstić information content (AvgIpc) is 2.67. The maximum Gasteiger partial charge on any atom is 0.349 e. The van der Waals surface area contributed by atoms with Gasteiger partial charge in [0, 0.05) is 11.3 Å². The molecule has 152 valence electrons. The Hall–Kier alpha value is -2.49. The third kappa shape index (κ3) is 5.28. The number of esters is 1. The molecule has 0 saturated heterocycles. The Morgan fingerprint density at radius 2 is 1.54 bits per heavy atom. The summed E-state index contributed by atoms with van der Waals surface area (Å²) in [4.78, 5) is 12.4. The summed E-state index contributed by atoms with van der Waals surface area (Å²) < 4.78 is 11.2. The Labute approximate surface area is 169 Å². The number of hydrogen-bond donors (Lipinski definition) is 1. The number of nitrogens with two attached hydrogens (primary N) is 1. The minimum atomic E-state index is -0.424. The van der Waals surface area contributed by atoms with E-state index in [-0.39, 0.29) is 17.4 Å². The van der Waals surface area contributed by atoms with Crippen molar-refractivity contribution in [2.24, 2.45) is 0 Å². The zero-order chi connectivity index (χ0) is 20.9. The van der Waals surface area contributed by atoms with Gasteiger partial charge >= 0.3 is 5.97 Å². The number of nitrogen functional groups attached to an aromatic ring is 1. The highest BCUT2D eigenvalue weighted by Gasteiger charge is 2.27. The second-order valence-electron chi connectivity index (χ2n) is 8.52. The summed E-state index contributed by atoms with van der Waals surface area (Å²) in [6, 6.07) is 13.1. The van der Waals surface area contributed by atoms with E-state index in [1.54, 1.807) is 24.3 Å². The van der Waals surface area contributed by atoms with Crippen molar-refractivity contribution in [1.29, 1.82) is 0 Å². The Kier molecular flexibility index (Phi) is 6.76. The highest BCUT2D eigenvalue weighted by Crippen LogP contribution is 2.38. The Morgan fingerprint density at radius 3 is 2.11 bits per heavy atom. The SMILES string of the molecule is CCC(C)(C)c1ccc(OC(=O)COc2ccc(N)cc2)c(C(C)(C)CC)c1. The molecule has 2 aromatic rings. The molecule has 0 atom stereocenters. The van der Waals surface area contributed by atoms with E-state index < -0.39 is 5.97 Å². The lowest BCUT2D eigenvalue weighted by atomic mass is 9.76. The molecule has 0 aromatic heterocycles. The molecule has 0 amide bonds. The van der Waals surface area contributed by atoms with Gasteiger partial charge in [-0.3, -0.25) is 0 Å². The van der Waals surface area contributed by atoms with Crippen LogP contribution in [0.4, 0.5) is 5.69 Å². The van der Waals surface area contributed by atoms with Gasteiger partial charge in [0.15, 0.2) is 6.61 Å². The molecule has 2 aromatic carbocycles. The third-order valence-electron chi connectivity index (χ3n) is 5.72. The molecule has 4 heteroatoms. The summed E-state index contributed by atoms with van der Waals surface area (Å²) in [6.45, 7) is 13.0. The molecule has 0 fully saturated rings. The summed E-state index contributed by atoms with van der Waals surface area (Å²) in [5.41, 5.74) is 8.58. The van der Waals surface area contributed by atoms with Crippen LogP contribution in [0.1, 0.15) is 65.5 Å². The van der Waals surface area contributed by atoms with Crippen LogP contribution in [0.3, 0.4) is 0 Å². The molecule has 0 unspecified atom stereocenters. The van der Waals surface area contributed by atoms with E-state index in [4.69, 9.17) is 15.2 Å². The highest BCUT2D eigenvalue weighted by molar-refractivity contribution is 5.74. The molecule has 0 radical (unpaired) electrons. The van der Waals surface area contributed by atoms with Crippen molar-refractivity contribution >= 4 is 11.7 Å². The van der Waals surface area contributed by atoms with Gasteiger partial charge in [0.05, 0.1) is 0 Å². The minimum Gasteiger partial charge on any atom is -0.482 e. The zero-order valence-electron chi connectivity index (χ0n) is 18.0. The van der Waals surface area contributed by atoms with Crippen LogP contribution in [0.5, 0.6) is 11.5 Å². The monoisotopic (exact) mass is 383 g/mol. The molecule has 0 aliphatic rings. The summed E-state index contributed by atoms with van der Waals surface area (Å²) in [5.74, 6) is 0.765. The molecule has 0 aliphatic carbocycles. The lowest BCUT2D eigenvalue weighted by molar-refractivity contribution is -0.136. The molecule has 0 saturated carbocycles. The summed E-state index contributed by atoms with van der Waals surface area (Å²) in [6.07, 6.45) is 1.98. The van der Waals surface area contributed by atoms with Crippen molar-refractivity contribution in [1.82, 2.24) is 0 Å². The standard InChI is InChI=1S/C24H33NO3/c1-7-23(3,4)17-9-14-21(20(15-17)24(5,6)8-2)28-22(26)16-27-19-12-10-18(25)11-13-19/h9-15H,7-8,16,25H2,1-6H3. The van der Waals surface area contributed by atoms with Crippen molar-refractivity contribution in [2.75, 3.05) is 12.3 Å². The first-order valence-corrected chi connectivity index (χ1v) is 9.93. The number of carbonyl (C=O) groups is 1. The first kappa shape index (κ1) is 21.8. The summed E-state index contributed by atoms with van der Waals surface area (Å²) >= 11 is 0. The van der Waals surface area contributed by atoms with Crippen molar-refractivity contribution in [3.8, 4) is 11.5 Å². The van der Waals surface area contributed by atoms with Crippen LogP contribution in [-0.4, -0.2) is 12.6 Å². The predicted octanol–water partition coefficient (Wildman–Crippen LogP) is 5.63. The van der Waals surface area contributed by atoms with Crippen LogP contribution >= 0.6 is 0 Å². The lowest BCUT2D eigenvalue weighted by Crippen LogP contribution is -2.24. The fourth-order valence-corrected chi connectivity index (χ4v) is 2.82. The lowest BCUT2D eigenvalue weighted by Gasteiger charge is -2.30. The van der Waals surface area contributed by atoms with Gasteiger partial charge in [-0.05, 0) is 59.6 Å². The van der Waals surface area contributed by atoms with Crippen LogP contribution in [0, 0.1) is 0 Å². The van der Waals surface area contributed by atoms with E-state index >= 15 is 0 Å². The van der Waals surface area contributed by atoms with Gasteiger partial charge < -0.3 is 15.2 Å². The zero-order valence-corrected chi connectivity index (χ0v) is 18.0.